The largest absolute Gasteiger partial charge is 0.0911 e. The van der Waals surface area contributed by atoms with Gasteiger partial charge in [-0.05, 0) is 65.3 Å². The lowest BCUT2D eigenvalue weighted by atomic mass is 9.95. The smallest absolute Gasteiger partial charge is 0.0160 e. The quantitative estimate of drug-likeness (QED) is 0.453. The third-order valence-electron chi connectivity index (χ3n) is 4.69. The molecule has 0 bridgehead atoms. The Balaban J connectivity index is 1.82. The van der Waals surface area contributed by atoms with Crippen LogP contribution in [0.5, 0.6) is 0 Å². The van der Waals surface area contributed by atoms with E-state index in [0.29, 0.717) is 0 Å². The molecule has 0 aliphatic carbocycles. The molecule has 0 amide bonds. The molecule has 0 aliphatic heterocycles. The van der Waals surface area contributed by atoms with Crippen LogP contribution < -0.4 is 0 Å². The second-order valence-electron chi connectivity index (χ2n) is 6.60. The van der Waals surface area contributed by atoms with Gasteiger partial charge in [0, 0.05) is 0 Å². The normalized spacial score (nSPS) is 11.0. The summed E-state index contributed by atoms with van der Waals surface area (Å²) in [5.74, 6) is 0. The fourth-order valence-electron chi connectivity index (χ4n) is 2.99. The molecule has 0 nitrogen and oxygen atoms in total. The van der Waals surface area contributed by atoms with Crippen LogP contribution in [0.1, 0.15) is 27.8 Å². The summed E-state index contributed by atoms with van der Waals surface area (Å²) < 4.78 is 0. The van der Waals surface area contributed by atoms with Gasteiger partial charge in [-0.2, -0.15) is 0 Å². The van der Waals surface area contributed by atoms with Crippen LogP contribution in [0.2, 0.25) is 0 Å². The lowest BCUT2D eigenvalue weighted by Crippen LogP contribution is -1.88. The zero-order chi connectivity index (χ0) is 17.8. The summed E-state index contributed by atoms with van der Waals surface area (Å²) in [6.07, 6.45) is 4.24. The van der Waals surface area contributed by atoms with Crippen molar-refractivity contribution in [2.75, 3.05) is 0 Å². The number of allylic oxidation sites excluding steroid dienone is 2. The van der Waals surface area contributed by atoms with Crippen LogP contribution in [-0.4, -0.2) is 0 Å². The molecule has 0 aliphatic rings. The Morgan fingerprint density at radius 1 is 0.720 bits per heavy atom. The number of rotatable bonds is 4. The minimum absolute atomic E-state index is 1.04. The highest BCUT2D eigenvalue weighted by Crippen LogP contribution is 2.26. The molecule has 124 valence electrons. The molecule has 0 heterocycles. The van der Waals surface area contributed by atoms with E-state index in [4.69, 9.17) is 0 Å². The van der Waals surface area contributed by atoms with Crippen molar-refractivity contribution < 1.29 is 0 Å². The molecular formula is C25H24. The fraction of sp³-hybridized carbons (Fsp3) is 0.120. The molecule has 0 saturated heterocycles. The number of hydrogen-bond acceptors (Lipinski definition) is 0. The molecule has 0 N–H and O–H groups in total. The minimum atomic E-state index is 1.04. The molecular weight excluding hydrogens is 300 g/mol. The lowest BCUT2D eigenvalue weighted by Gasteiger charge is -2.09. The lowest BCUT2D eigenvalue weighted by molar-refractivity contribution is 1.33. The van der Waals surface area contributed by atoms with Crippen molar-refractivity contribution in [3.63, 3.8) is 0 Å². The van der Waals surface area contributed by atoms with E-state index >= 15 is 0 Å². The van der Waals surface area contributed by atoms with Gasteiger partial charge in [0.05, 0.1) is 0 Å². The van der Waals surface area contributed by atoms with E-state index in [1.54, 1.807) is 0 Å². The highest BCUT2D eigenvalue weighted by molar-refractivity contribution is 5.80. The molecule has 0 atom stereocenters. The van der Waals surface area contributed by atoms with E-state index < -0.39 is 0 Å². The first-order valence-electron chi connectivity index (χ1n) is 8.65. The topological polar surface area (TPSA) is 0 Å². The van der Waals surface area contributed by atoms with Crippen LogP contribution >= 0.6 is 0 Å². The van der Waals surface area contributed by atoms with Gasteiger partial charge in [-0.25, -0.2) is 0 Å². The number of hydrogen-bond donors (Lipinski definition) is 0. The zero-order valence-electron chi connectivity index (χ0n) is 15.2. The van der Waals surface area contributed by atoms with Crippen LogP contribution in [-0.2, 0) is 0 Å². The summed E-state index contributed by atoms with van der Waals surface area (Å²) in [6, 6.07) is 23.6. The van der Waals surface area contributed by atoms with Gasteiger partial charge in [-0.3, -0.25) is 0 Å². The zero-order valence-corrected chi connectivity index (χ0v) is 15.2. The third-order valence-corrected chi connectivity index (χ3v) is 4.69. The van der Waals surface area contributed by atoms with Gasteiger partial charge < -0.3 is 0 Å². The highest BCUT2D eigenvalue weighted by atomic mass is 14.1. The van der Waals surface area contributed by atoms with E-state index in [1.807, 2.05) is 6.07 Å². The van der Waals surface area contributed by atoms with Gasteiger partial charge in [0.1, 0.15) is 0 Å². The SMILES string of the molecule is C=C(/C=C/c1ccc(C)c(C)c1)c1ccc(-c2ccccc2)cc1C. The maximum Gasteiger partial charge on any atom is -0.0160 e. The van der Waals surface area contributed by atoms with Gasteiger partial charge in [-0.1, -0.05) is 85.5 Å². The first-order chi connectivity index (χ1) is 12.0. The summed E-state index contributed by atoms with van der Waals surface area (Å²) in [6.45, 7) is 10.7. The van der Waals surface area contributed by atoms with Gasteiger partial charge in [0.25, 0.3) is 0 Å². The molecule has 25 heavy (non-hydrogen) atoms. The van der Waals surface area contributed by atoms with E-state index in [2.05, 4.69) is 100 Å². The van der Waals surface area contributed by atoms with Crippen molar-refractivity contribution in [1.82, 2.24) is 0 Å². The molecule has 0 radical (unpaired) electrons. The summed E-state index contributed by atoms with van der Waals surface area (Å²) in [5.41, 5.74) is 9.81. The van der Waals surface area contributed by atoms with Gasteiger partial charge >= 0.3 is 0 Å². The van der Waals surface area contributed by atoms with Crippen molar-refractivity contribution in [1.29, 1.82) is 0 Å². The van der Waals surface area contributed by atoms with Gasteiger partial charge in [0.15, 0.2) is 0 Å². The van der Waals surface area contributed by atoms with Crippen LogP contribution in [0.15, 0.2) is 79.4 Å². The number of aryl methyl sites for hydroxylation is 3. The maximum atomic E-state index is 4.26. The van der Waals surface area contributed by atoms with Crippen LogP contribution in [0.25, 0.3) is 22.8 Å². The summed E-state index contributed by atoms with van der Waals surface area (Å²) >= 11 is 0. The molecule has 0 fully saturated rings. The van der Waals surface area contributed by atoms with Crippen LogP contribution in [0, 0.1) is 20.8 Å². The Morgan fingerprint density at radius 2 is 1.48 bits per heavy atom. The van der Waals surface area contributed by atoms with Crippen molar-refractivity contribution in [3.8, 4) is 11.1 Å². The first-order valence-corrected chi connectivity index (χ1v) is 8.65. The molecule has 3 aromatic carbocycles. The first kappa shape index (κ1) is 17.0. The average molecular weight is 324 g/mol. The number of benzene rings is 3. The Hall–Kier alpha value is -2.86. The van der Waals surface area contributed by atoms with E-state index in [-0.39, 0.29) is 0 Å². The predicted octanol–water partition coefficient (Wildman–Crippen LogP) is 7.01. The van der Waals surface area contributed by atoms with Gasteiger partial charge in [-0.15, -0.1) is 0 Å². The van der Waals surface area contributed by atoms with Crippen molar-refractivity contribution in [3.05, 3.63) is 107 Å². The molecule has 0 unspecified atom stereocenters. The molecule has 3 rings (SSSR count). The Bertz CT molecular complexity index is 928. The predicted molar refractivity (Wildman–Crippen MR) is 111 cm³/mol. The molecule has 0 spiro atoms. The standard InChI is InChI=1S/C25H24/c1-18-10-12-22(16-20(18)3)13-11-19(2)25-15-14-24(17-21(25)4)23-8-6-5-7-9-23/h5-17H,2H2,1,3-4H3/b13-11+. The minimum Gasteiger partial charge on any atom is -0.0911 e. The summed E-state index contributed by atoms with van der Waals surface area (Å²) in [4.78, 5) is 0. The molecule has 0 saturated carbocycles. The summed E-state index contributed by atoms with van der Waals surface area (Å²) in [5, 5.41) is 0. The Kier molecular flexibility index (Phi) is 5.00. The Morgan fingerprint density at radius 3 is 2.16 bits per heavy atom. The molecule has 3 aromatic rings. The Labute approximate surface area is 151 Å². The highest BCUT2D eigenvalue weighted by Gasteiger charge is 2.04. The molecule has 0 aromatic heterocycles. The van der Waals surface area contributed by atoms with Crippen molar-refractivity contribution in [2.45, 2.75) is 20.8 Å². The summed E-state index contributed by atoms with van der Waals surface area (Å²) in [7, 11) is 0. The molecule has 0 heteroatoms. The third kappa shape index (κ3) is 3.97. The second-order valence-corrected chi connectivity index (χ2v) is 6.60. The van der Waals surface area contributed by atoms with E-state index in [9.17, 15) is 0 Å². The fourth-order valence-corrected chi connectivity index (χ4v) is 2.99. The average Bonchev–Trinajstić information content (AvgIpc) is 2.63. The second kappa shape index (κ2) is 7.36. The van der Waals surface area contributed by atoms with Gasteiger partial charge in [0.2, 0.25) is 0 Å². The van der Waals surface area contributed by atoms with Crippen molar-refractivity contribution >= 4 is 11.6 Å². The van der Waals surface area contributed by atoms with Crippen LogP contribution in [0.3, 0.4) is 0 Å². The maximum absolute atomic E-state index is 4.26. The van der Waals surface area contributed by atoms with Crippen LogP contribution in [0.4, 0.5) is 0 Å². The van der Waals surface area contributed by atoms with Crippen molar-refractivity contribution in [2.24, 2.45) is 0 Å². The monoisotopic (exact) mass is 324 g/mol. The van der Waals surface area contributed by atoms with E-state index in [0.717, 1.165) is 5.57 Å². The van der Waals surface area contributed by atoms with E-state index in [1.165, 1.54) is 38.9 Å².